The van der Waals surface area contributed by atoms with Gasteiger partial charge in [-0.1, -0.05) is 74.3 Å². The van der Waals surface area contributed by atoms with Gasteiger partial charge in [0.1, 0.15) is 0 Å². The minimum absolute atomic E-state index is 0.0636. The van der Waals surface area contributed by atoms with E-state index in [1.165, 1.54) is 23.1 Å². The summed E-state index contributed by atoms with van der Waals surface area (Å²) >= 11 is 7.22. The van der Waals surface area contributed by atoms with Crippen LogP contribution in [-0.2, 0) is 14.3 Å². The summed E-state index contributed by atoms with van der Waals surface area (Å²) < 4.78 is 5.37. The Kier molecular flexibility index (Phi) is 8.36. The number of hydrogen-bond acceptors (Lipinski definition) is 8. The number of imide groups is 1. The maximum Gasteiger partial charge on any atom is 0.339 e. The number of hydrogen-bond donors (Lipinski definition) is 0. The molecule has 4 aromatic rings. The van der Waals surface area contributed by atoms with E-state index in [-0.39, 0.29) is 50.1 Å². The predicted octanol–water partition coefficient (Wildman–Crippen LogP) is 6.58. The quantitative estimate of drug-likeness (QED) is 0.0519. The summed E-state index contributed by atoms with van der Waals surface area (Å²) in [6, 6.07) is 19.5. The lowest BCUT2D eigenvalue weighted by molar-refractivity contribution is -0.385. The normalized spacial score (nSPS) is 21.1. The number of para-hydroxylation sites is 1. The van der Waals surface area contributed by atoms with Crippen molar-refractivity contribution in [2.45, 2.75) is 29.4 Å². The molecule has 0 N–H and O–H groups in total. The van der Waals surface area contributed by atoms with Crippen LogP contribution in [0.4, 0.5) is 11.4 Å². The molecule has 45 heavy (non-hydrogen) atoms. The molecule has 1 aliphatic carbocycles. The molecule has 0 spiro atoms. The zero-order valence-electron chi connectivity index (χ0n) is 23.8. The van der Waals surface area contributed by atoms with Crippen molar-refractivity contribution in [3.63, 3.8) is 0 Å². The van der Waals surface area contributed by atoms with Gasteiger partial charge in [0, 0.05) is 37.8 Å². The third-order valence-electron chi connectivity index (χ3n) is 8.33. The van der Waals surface area contributed by atoms with E-state index >= 15 is 0 Å². The largest absolute Gasteiger partial charge is 0.454 e. The number of amides is 2. The first-order valence-electron chi connectivity index (χ1n) is 14.1. The number of Topliss-reactive ketones (excluding diaryl/α,β-unsaturated/α-hetero) is 1. The summed E-state index contributed by atoms with van der Waals surface area (Å²) in [5.41, 5.74) is 2.54. The third-order valence-corrected chi connectivity index (χ3v) is 11.1. The minimum Gasteiger partial charge on any atom is -0.454 e. The summed E-state index contributed by atoms with van der Waals surface area (Å²) in [4.78, 5) is 69.4. The monoisotopic (exact) mass is 733 g/mol. The Morgan fingerprint density at radius 3 is 2.24 bits per heavy atom. The highest BCUT2D eigenvalue weighted by molar-refractivity contribution is 9.12. The number of halogens is 2. The second-order valence-corrected chi connectivity index (χ2v) is 13.5. The number of carbonyl (C=O) groups is 4. The van der Waals surface area contributed by atoms with Crippen molar-refractivity contribution in [2.75, 3.05) is 11.5 Å². The zero-order valence-corrected chi connectivity index (χ0v) is 27.0. The maximum absolute atomic E-state index is 13.3. The van der Waals surface area contributed by atoms with Crippen molar-refractivity contribution in [3.05, 3.63) is 99.6 Å². The first-order valence-corrected chi connectivity index (χ1v) is 16.0. The molecule has 4 atom stereocenters. The van der Waals surface area contributed by atoms with Crippen LogP contribution in [0.3, 0.4) is 0 Å². The molecule has 0 radical (unpaired) electrons. The van der Waals surface area contributed by atoms with Gasteiger partial charge in [-0.2, -0.15) is 0 Å². The molecule has 228 valence electrons. The number of nitro groups is 1. The lowest BCUT2D eigenvalue weighted by Crippen LogP contribution is -2.34. The van der Waals surface area contributed by atoms with Gasteiger partial charge in [-0.15, -0.1) is 0 Å². The molecule has 10 nitrogen and oxygen atoms in total. The number of ketones is 1. The average molecular weight is 735 g/mol. The number of alkyl halides is 2. The number of pyridine rings is 1. The van der Waals surface area contributed by atoms with Crippen LogP contribution in [-0.4, -0.2) is 49.7 Å². The van der Waals surface area contributed by atoms with Gasteiger partial charge >= 0.3 is 5.97 Å². The van der Waals surface area contributed by atoms with Crippen molar-refractivity contribution in [1.82, 2.24) is 4.98 Å². The molecule has 1 saturated carbocycles. The second kappa shape index (κ2) is 12.2. The van der Waals surface area contributed by atoms with Crippen LogP contribution in [0.25, 0.3) is 22.2 Å². The van der Waals surface area contributed by atoms with Crippen molar-refractivity contribution >= 4 is 77.7 Å². The van der Waals surface area contributed by atoms with Gasteiger partial charge in [-0.25, -0.2) is 9.78 Å². The number of benzene rings is 3. The first-order chi connectivity index (χ1) is 21.5. The molecule has 6 rings (SSSR count). The number of fused-ring (bicyclic) bond motifs is 2. The summed E-state index contributed by atoms with van der Waals surface area (Å²) in [5, 5.41) is 11.8. The van der Waals surface area contributed by atoms with Crippen molar-refractivity contribution in [3.8, 4) is 11.3 Å². The Morgan fingerprint density at radius 1 is 0.956 bits per heavy atom. The third kappa shape index (κ3) is 5.80. The predicted molar refractivity (Wildman–Crippen MR) is 174 cm³/mol. The van der Waals surface area contributed by atoms with E-state index < -0.39 is 23.3 Å². The van der Waals surface area contributed by atoms with E-state index in [0.717, 1.165) is 0 Å². The van der Waals surface area contributed by atoms with Crippen LogP contribution < -0.4 is 4.90 Å². The van der Waals surface area contributed by atoms with Gasteiger partial charge in [0.05, 0.1) is 39.2 Å². The molecule has 2 aliphatic rings. The molecular formula is C33H25Br2N3O7. The molecule has 1 aromatic heterocycles. The lowest BCUT2D eigenvalue weighted by Gasteiger charge is -2.29. The average Bonchev–Trinajstić information content (AvgIpc) is 3.27. The highest BCUT2D eigenvalue weighted by Crippen LogP contribution is 2.44. The second-order valence-electron chi connectivity index (χ2n) is 11.1. The molecular weight excluding hydrogens is 710 g/mol. The SMILES string of the molecule is Cc1ccc(C(=O)COC(=O)c2cc(-c3ccc(N4C(=O)C5CC(Br)C(Br)CC5C4=O)cc3)nc3ccccc23)cc1[N+](=O)[O-]. The molecule has 2 heterocycles. The summed E-state index contributed by atoms with van der Waals surface area (Å²) in [6.07, 6.45) is 1.16. The van der Waals surface area contributed by atoms with Crippen LogP contribution in [0.5, 0.6) is 0 Å². The molecule has 2 amide bonds. The van der Waals surface area contributed by atoms with Crippen molar-refractivity contribution in [1.29, 1.82) is 0 Å². The molecule has 2 fully saturated rings. The number of anilines is 1. The van der Waals surface area contributed by atoms with E-state index in [2.05, 4.69) is 31.9 Å². The molecule has 4 unspecified atom stereocenters. The van der Waals surface area contributed by atoms with Gasteiger partial charge in [-0.05, 0) is 44.0 Å². The van der Waals surface area contributed by atoms with Gasteiger partial charge in [-0.3, -0.25) is 29.4 Å². The van der Waals surface area contributed by atoms with Crippen LogP contribution in [0, 0.1) is 28.9 Å². The summed E-state index contributed by atoms with van der Waals surface area (Å²) in [7, 11) is 0. The van der Waals surface area contributed by atoms with E-state index in [9.17, 15) is 29.3 Å². The standard InChI is InChI=1S/C33H25Br2N3O7/c1-17-6-7-19(12-29(17)38(43)44)30(39)16-45-33(42)24-15-28(36-27-5-3-2-4-21(24)27)18-8-10-20(11-9-18)37-31(40)22-13-25(34)26(35)14-23(22)32(37)41/h2-12,15,22-23,25-26H,13-14,16H2,1H3. The number of aromatic nitrogens is 1. The number of carbonyl (C=O) groups excluding carboxylic acids is 4. The van der Waals surface area contributed by atoms with Crippen LogP contribution >= 0.6 is 31.9 Å². The van der Waals surface area contributed by atoms with E-state index in [1.807, 2.05) is 0 Å². The van der Waals surface area contributed by atoms with E-state index in [1.54, 1.807) is 61.5 Å². The highest BCUT2D eigenvalue weighted by atomic mass is 79.9. The number of rotatable bonds is 7. The Morgan fingerprint density at radius 2 is 1.60 bits per heavy atom. The van der Waals surface area contributed by atoms with Gasteiger partial charge in [0.2, 0.25) is 17.6 Å². The maximum atomic E-state index is 13.3. The lowest BCUT2D eigenvalue weighted by atomic mass is 9.81. The van der Waals surface area contributed by atoms with Crippen LogP contribution in [0.15, 0.2) is 72.8 Å². The number of aryl methyl sites for hydroxylation is 1. The Hall–Kier alpha value is -4.29. The van der Waals surface area contributed by atoms with E-state index in [4.69, 9.17) is 9.72 Å². The number of nitro benzene ring substituents is 1. The summed E-state index contributed by atoms with van der Waals surface area (Å²) in [6.45, 7) is 0.964. The first kappa shape index (κ1) is 30.7. The minimum atomic E-state index is -0.757. The van der Waals surface area contributed by atoms with Gasteiger partial charge < -0.3 is 4.74 Å². The van der Waals surface area contributed by atoms with Crippen molar-refractivity contribution in [2.24, 2.45) is 11.8 Å². The summed E-state index contributed by atoms with van der Waals surface area (Å²) in [5.74, 6) is -2.47. The Bertz CT molecular complexity index is 1870. The highest BCUT2D eigenvalue weighted by Gasteiger charge is 2.52. The van der Waals surface area contributed by atoms with E-state index in [0.29, 0.717) is 46.3 Å². The fourth-order valence-corrected chi connectivity index (χ4v) is 7.13. The number of esters is 1. The van der Waals surface area contributed by atoms with Crippen LogP contribution in [0.2, 0.25) is 0 Å². The molecule has 12 heteroatoms. The van der Waals surface area contributed by atoms with Crippen LogP contribution in [0.1, 0.15) is 39.1 Å². The van der Waals surface area contributed by atoms with Crippen molar-refractivity contribution < 1.29 is 28.8 Å². The van der Waals surface area contributed by atoms with Gasteiger partial charge in [0.25, 0.3) is 5.69 Å². The number of nitrogens with zero attached hydrogens (tertiary/aromatic N) is 3. The fraction of sp³-hybridized carbons (Fsp3) is 0.242. The zero-order chi connectivity index (χ0) is 32.0. The molecule has 1 aliphatic heterocycles. The molecule has 1 saturated heterocycles. The Balaban J connectivity index is 1.24. The number of ether oxygens (including phenoxy) is 1. The molecule has 3 aromatic carbocycles. The van der Waals surface area contributed by atoms with Gasteiger partial charge in [0.15, 0.2) is 6.61 Å². The smallest absolute Gasteiger partial charge is 0.339 e. The fourth-order valence-electron chi connectivity index (χ4n) is 5.89. The topological polar surface area (TPSA) is 137 Å². The Labute approximate surface area is 274 Å². The molecule has 0 bridgehead atoms.